The molecule has 1 rings (SSSR count). The van der Waals surface area contributed by atoms with Crippen LogP contribution in [0.5, 0.6) is 0 Å². The molecule has 0 heterocycles. The van der Waals surface area contributed by atoms with E-state index in [9.17, 15) is 4.79 Å². The minimum atomic E-state index is -0.773. The highest BCUT2D eigenvalue weighted by Gasteiger charge is 2.16. The molecule has 0 aliphatic rings. The van der Waals surface area contributed by atoms with Crippen LogP contribution in [0.4, 0.5) is 0 Å². The molecule has 0 aliphatic heterocycles. The Balaban J connectivity index is 2.75. The van der Waals surface area contributed by atoms with E-state index in [1.54, 1.807) is 0 Å². The normalized spacial score (nSPS) is 14.4. The van der Waals surface area contributed by atoms with Crippen LogP contribution in [-0.4, -0.2) is 17.1 Å². The Kier molecular flexibility index (Phi) is 4.99. The molecule has 0 bridgehead atoms. The molecule has 0 saturated carbocycles. The lowest BCUT2D eigenvalue weighted by molar-refractivity contribution is -0.137. The number of aliphatic carboxylic acids is 1. The van der Waals surface area contributed by atoms with Gasteiger partial charge in [-0.2, -0.15) is 0 Å². The summed E-state index contributed by atoms with van der Waals surface area (Å²) >= 11 is 0. The van der Waals surface area contributed by atoms with E-state index in [1.807, 2.05) is 30.3 Å². The third-order valence-corrected chi connectivity index (χ3v) is 2.68. The Morgan fingerprint density at radius 2 is 2.00 bits per heavy atom. The maximum Gasteiger partial charge on any atom is 0.305 e. The van der Waals surface area contributed by atoms with E-state index in [1.165, 1.54) is 0 Å². The van der Waals surface area contributed by atoms with Crippen molar-refractivity contribution in [1.82, 2.24) is 5.32 Å². The number of nitrogens with one attached hydrogen (secondary N) is 1. The van der Waals surface area contributed by atoms with Gasteiger partial charge in [0.15, 0.2) is 0 Å². The largest absolute Gasteiger partial charge is 0.481 e. The van der Waals surface area contributed by atoms with Gasteiger partial charge in [0.2, 0.25) is 0 Å². The Bertz CT molecular complexity index is 324. The summed E-state index contributed by atoms with van der Waals surface area (Å²) in [4.78, 5) is 10.8. The molecule has 88 valence electrons. The van der Waals surface area contributed by atoms with Crippen LogP contribution >= 0.6 is 0 Å². The van der Waals surface area contributed by atoms with E-state index in [-0.39, 0.29) is 12.5 Å². The zero-order valence-corrected chi connectivity index (χ0v) is 9.81. The molecular weight excluding hydrogens is 202 g/mol. The molecule has 0 aromatic heterocycles. The summed E-state index contributed by atoms with van der Waals surface area (Å²) in [5.74, 6) is -0.773. The van der Waals surface area contributed by atoms with Crippen molar-refractivity contribution < 1.29 is 9.90 Å². The molecule has 0 radical (unpaired) electrons. The number of rotatable bonds is 6. The smallest absolute Gasteiger partial charge is 0.305 e. The van der Waals surface area contributed by atoms with Crippen LogP contribution in [0.2, 0.25) is 0 Å². The van der Waals surface area contributed by atoms with Crippen LogP contribution in [0, 0.1) is 0 Å². The van der Waals surface area contributed by atoms with Gasteiger partial charge >= 0.3 is 5.97 Å². The second-order valence-electron chi connectivity index (χ2n) is 4.04. The number of carbonyl (C=O) groups is 1. The summed E-state index contributed by atoms with van der Waals surface area (Å²) in [6.07, 6.45) is 1.11. The summed E-state index contributed by atoms with van der Waals surface area (Å²) in [6.45, 7) is 4.15. The van der Waals surface area contributed by atoms with Crippen molar-refractivity contribution in [2.75, 3.05) is 0 Å². The van der Waals surface area contributed by atoms with E-state index in [2.05, 4.69) is 19.2 Å². The third kappa shape index (κ3) is 4.03. The zero-order chi connectivity index (χ0) is 12.0. The van der Waals surface area contributed by atoms with Crippen LogP contribution in [0.1, 0.15) is 38.3 Å². The van der Waals surface area contributed by atoms with Gasteiger partial charge in [-0.05, 0) is 18.9 Å². The van der Waals surface area contributed by atoms with Crippen molar-refractivity contribution in [3.63, 3.8) is 0 Å². The Labute approximate surface area is 96.5 Å². The van der Waals surface area contributed by atoms with Crippen molar-refractivity contribution in [2.24, 2.45) is 0 Å². The fourth-order valence-corrected chi connectivity index (χ4v) is 1.59. The average Bonchev–Trinajstić information content (AvgIpc) is 2.28. The SMILES string of the molecule is CCC(C)NC(CC(=O)O)c1ccccc1. The molecule has 2 atom stereocenters. The lowest BCUT2D eigenvalue weighted by Gasteiger charge is -2.21. The van der Waals surface area contributed by atoms with Crippen molar-refractivity contribution in [3.8, 4) is 0 Å². The molecule has 2 unspecified atom stereocenters. The summed E-state index contributed by atoms with van der Waals surface area (Å²) in [5.41, 5.74) is 1.03. The van der Waals surface area contributed by atoms with Crippen molar-refractivity contribution in [3.05, 3.63) is 35.9 Å². The molecule has 2 N–H and O–H groups in total. The topological polar surface area (TPSA) is 49.3 Å². The number of hydrogen-bond donors (Lipinski definition) is 2. The second-order valence-corrected chi connectivity index (χ2v) is 4.04. The summed E-state index contributed by atoms with van der Waals surface area (Å²) in [6, 6.07) is 9.94. The first kappa shape index (κ1) is 12.7. The van der Waals surface area contributed by atoms with E-state index in [4.69, 9.17) is 5.11 Å². The lowest BCUT2D eigenvalue weighted by Crippen LogP contribution is -2.31. The van der Waals surface area contributed by atoms with Gasteiger partial charge in [0.25, 0.3) is 0 Å². The van der Waals surface area contributed by atoms with Crippen LogP contribution < -0.4 is 5.32 Å². The van der Waals surface area contributed by atoms with E-state index in [0.717, 1.165) is 12.0 Å². The van der Waals surface area contributed by atoms with Crippen LogP contribution in [0.15, 0.2) is 30.3 Å². The summed E-state index contributed by atoms with van der Waals surface area (Å²) < 4.78 is 0. The predicted molar refractivity (Wildman–Crippen MR) is 64.3 cm³/mol. The number of benzene rings is 1. The van der Waals surface area contributed by atoms with E-state index in [0.29, 0.717) is 6.04 Å². The lowest BCUT2D eigenvalue weighted by atomic mass is 10.0. The van der Waals surface area contributed by atoms with Gasteiger partial charge in [-0.3, -0.25) is 4.79 Å². The number of carboxylic acids is 1. The summed E-state index contributed by atoms with van der Waals surface area (Å²) in [7, 11) is 0. The molecule has 1 aromatic rings. The van der Waals surface area contributed by atoms with Gasteiger partial charge in [-0.15, -0.1) is 0 Å². The maximum absolute atomic E-state index is 10.8. The van der Waals surface area contributed by atoms with E-state index < -0.39 is 5.97 Å². The van der Waals surface area contributed by atoms with Gasteiger partial charge < -0.3 is 10.4 Å². The minimum Gasteiger partial charge on any atom is -0.481 e. The molecule has 3 heteroatoms. The van der Waals surface area contributed by atoms with Crippen LogP contribution in [-0.2, 0) is 4.79 Å². The first-order valence-electron chi connectivity index (χ1n) is 5.66. The number of carboxylic acid groups (broad SMARTS) is 1. The quantitative estimate of drug-likeness (QED) is 0.776. The molecule has 16 heavy (non-hydrogen) atoms. The fraction of sp³-hybridized carbons (Fsp3) is 0.462. The highest BCUT2D eigenvalue weighted by Crippen LogP contribution is 2.17. The standard InChI is InChI=1S/C13H19NO2/c1-3-10(2)14-12(9-13(15)16)11-7-5-4-6-8-11/h4-8,10,12,14H,3,9H2,1-2H3,(H,15,16). The fourth-order valence-electron chi connectivity index (χ4n) is 1.59. The molecule has 1 aromatic carbocycles. The first-order valence-corrected chi connectivity index (χ1v) is 5.66. The van der Waals surface area contributed by atoms with Gasteiger partial charge in [0, 0.05) is 12.1 Å². The minimum absolute atomic E-state index is 0.103. The van der Waals surface area contributed by atoms with E-state index >= 15 is 0 Å². The number of hydrogen-bond acceptors (Lipinski definition) is 2. The molecule has 0 saturated heterocycles. The van der Waals surface area contributed by atoms with Crippen molar-refractivity contribution in [1.29, 1.82) is 0 Å². The van der Waals surface area contributed by atoms with Gasteiger partial charge in [0.05, 0.1) is 6.42 Å². The molecule has 0 amide bonds. The molecule has 0 aliphatic carbocycles. The Morgan fingerprint density at radius 1 is 1.38 bits per heavy atom. The van der Waals surface area contributed by atoms with Crippen molar-refractivity contribution in [2.45, 2.75) is 38.8 Å². The highest BCUT2D eigenvalue weighted by atomic mass is 16.4. The average molecular weight is 221 g/mol. The summed E-state index contributed by atoms with van der Waals surface area (Å²) in [5, 5.41) is 12.2. The molecule has 3 nitrogen and oxygen atoms in total. The van der Waals surface area contributed by atoms with Gasteiger partial charge in [-0.1, -0.05) is 37.3 Å². The Hall–Kier alpha value is -1.35. The molecular formula is C13H19NO2. The predicted octanol–water partition coefficient (Wildman–Crippen LogP) is 2.59. The van der Waals surface area contributed by atoms with Crippen molar-refractivity contribution >= 4 is 5.97 Å². The monoisotopic (exact) mass is 221 g/mol. The highest BCUT2D eigenvalue weighted by molar-refractivity contribution is 5.67. The maximum atomic E-state index is 10.8. The third-order valence-electron chi connectivity index (χ3n) is 2.68. The van der Waals surface area contributed by atoms with Gasteiger partial charge in [0.1, 0.15) is 0 Å². The van der Waals surface area contributed by atoms with Crippen LogP contribution in [0.3, 0.4) is 0 Å². The second kappa shape index (κ2) is 6.28. The van der Waals surface area contributed by atoms with Gasteiger partial charge in [-0.25, -0.2) is 0 Å². The molecule has 0 fully saturated rings. The van der Waals surface area contributed by atoms with Crippen LogP contribution in [0.25, 0.3) is 0 Å². The zero-order valence-electron chi connectivity index (χ0n) is 9.81. The first-order chi connectivity index (χ1) is 7.63. The molecule has 0 spiro atoms. The Morgan fingerprint density at radius 3 is 2.50 bits per heavy atom.